The molecule has 1 aliphatic heterocycles. The van der Waals surface area contributed by atoms with Gasteiger partial charge in [0.25, 0.3) is 5.91 Å². The van der Waals surface area contributed by atoms with Gasteiger partial charge in [0.15, 0.2) is 5.69 Å². The third kappa shape index (κ3) is 2.46. The van der Waals surface area contributed by atoms with Crippen molar-refractivity contribution in [1.82, 2.24) is 14.9 Å². The van der Waals surface area contributed by atoms with Crippen LogP contribution < -0.4 is 5.73 Å². The number of rotatable bonds is 2. The summed E-state index contributed by atoms with van der Waals surface area (Å²) in [5, 5.41) is 0. The van der Waals surface area contributed by atoms with E-state index in [4.69, 9.17) is 5.73 Å². The van der Waals surface area contributed by atoms with Crippen LogP contribution in [0.2, 0.25) is 0 Å². The molecule has 21 heavy (non-hydrogen) atoms. The molecular weight excluding hydrogens is 264 g/mol. The molecule has 1 amide bonds. The number of carbonyl (C=O) groups is 1. The average molecular weight is 282 g/mol. The van der Waals surface area contributed by atoms with Crippen molar-refractivity contribution in [2.24, 2.45) is 0 Å². The van der Waals surface area contributed by atoms with Crippen molar-refractivity contribution in [3.05, 3.63) is 53.1 Å². The standard InChI is InChI=1S/C16H18N4O/c1-10(2)15-18-7-13(17)14(19-15)16(21)20-8-11-5-3-4-6-12(11)9-20/h3-7,10H,8-9,17H2,1-2H3. The lowest BCUT2D eigenvalue weighted by Gasteiger charge is -2.16. The van der Waals surface area contributed by atoms with E-state index in [2.05, 4.69) is 9.97 Å². The number of fused-ring (bicyclic) bond motifs is 1. The van der Waals surface area contributed by atoms with Gasteiger partial charge >= 0.3 is 0 Å². The first-order valence-electron chi connectivity index (χ1n) is 7.04. The molecular formula is C16H18N4O. The third-order valence-electron chi connectivity index (χ3n) is 3.68. The fraction of sp³-hybridized carbons (Fsp3) is 0.312. The van der Waals surface area contributed by atoms with Gasteiger partial charge in [-0.05, 0) is 11.1 Å². The summed E-state index contributed by atoms with van der Waals surface area (Å²) in [6, 6.07) is 8.07. The van der Waals surface area contributed by atoms with E-state index in [1.807, 2.05) is 38.1 Å². The van der Waals surface area contributed by atoms with Crippen LogP contribution in [0.15, 0.2) is 30.5 Å². The van der Waals surface area contributed by atoms with Crippen molar-refractivity contribution in [2.45, 2.75) is 32.9 Å². The summed E-state index contributed by atoms with van der Waals surface area (Å²) in [5.74, 6) is 0.671. The van der Waals surface area contributed by atoms with Gasteiger partial charge in [-0.3, -0.25) is 4.79 Å². The highest BCUT2D eigenvalue weighted by atomic mass is 16.2. The molecule has 108 valence electrons. The summed E-state index contributed by atoms with van der Waals surface area (Å²) in [6.45, 7) is 5.20. The Labute approximate surface area is 123 Å². The molecule has 0 spiro atoms. The lowest BCUT2D eigenvalue weighted by atomic mass is 10.1. The molecule has 2 aromatic rings. The topological polar surface area (TPSA) is 72.1 Å². The molecule has 1 aliphatic rings. The summed E-state index contributed by atoms with van der Waals surface area (Å²) in [6.07, 6.45) is 1.53. The van der Waals surface area contributed by atoms with Crippen molar-refractivity contribution in [1.29, 1.82) is 0 Å². The van der Waals surface area contributed by atoms with Gasteiger partial charge in [-0.25, -0.2) is 9.97 Å². The van der Waals surface area contributed by atoms with Crippen molar-refractivity contribution in [2.75, 3.05) is 5.73 Å². The van der Waals surface area contributed by atoms with Crippen molar-refractivity contribution in [3.63, 3.8) is 0 Å². The van der Waals surface area contributed by atoms with E-state index >= 15 is 0 Å². The molecule has 1 aromatic heterocycles. The fourth-order valence-corrected chi connectivity index (χ4v) is 2.48. The smallest absolute Gasteiger partial charge is 0.275 e. The molecule has 0 unspecified atom stereocenters. The Morgan fingerprint density at radius 3 is 2.43 bits per heavy atom. The van der Waals surface area contributed by atoms with Crippen molar-refractivity contribution in [3.8, 4) is 0 Å². The summed E-state index contributed by atoms with van der Waals surface area (Å²) in [5.41, 5.74) is 8.90. The Balaban J connectivity index is 1.89. The van der Waals surface area contributed by atoms with Gasteiger partial charge in [0.1, 0.15) is 5.82 Å². The molecule has 0 fully saturated rings. The van der Waals surface area contributed by atoms with Crippen LogP contribution in [0, 0.1) is 0 Å². The minimum Gasteiger partial charge on any atom is -0.396 e. The Morgan fingerprint density at radius 2 is 1.86 bits per heavy atom. The normalized spacial score (nSPS) is 13.6. The number of carbonyl (C=O) groups excluding carboxylic acids is 1. The maximum Gasteiger partial charge on any atom is 0.275 e. The van der Waals surface area contributed by atoms with Crippen LogP contribution in [0.1, 0.15) is 47.2 Å². The SMILES string of the molecule is CC(C)c1ncc(N)c(C(=O)N2Cc3ccccc3C2)n1. The van der Waals surface area contributed by atoms with Crippen LogP contribution in [-0.4, -0.2) is 20.8 Å². The predicted molar refractivity (Wildman–Crippen MR) is 80.6 cm³/mol. The molecule has 2 heterocycles. The first-order chi connectivity index (χ1) is 10.1. The van der Waals surface area contributed by atoms with E-state index in [1.165, 1.54) is 17.3 Å². The highest BCUT2D eigenvalue weighted by Crippen LogP contribution is 2.25. The molecule has 3 rings (SSSR count). The number of amides is 1. The quantitative estimate of drug-likeness (QED) is 0.917. The van der Waals surface area contributed by atoms with Gasteiger partial charge in [-0.1, -0.05) is 38.1 Å². The summed E-state index contributed by atoms with van der Waals surface area (Å²) in [4.78, 5) is 23.0. The fourth-order valence-electron chi connectivity index (χ4n) is 2.48. The van der Waals surface area contributed by atoms with Crippen LogP contribution in [0.25, 0.3) is 0 Å². The number of anilines is 1. The number of nitrogens with zero attached hydrogens (tertiary/aromatic N) is 3. The van der Waals surface area contributed by atoms with Crippen LogP contribution in [0.3, 0.4) is 0 Å². The Morgan fingerprint density at radius 1 is 1.24 bits per heavy atom. The zero-order chi connectivity index (χ0) is 15.0. The van der Waals surface area contributed by atoms with E-state index < -0.39 is 0 Å². The van der Waals surface area contributed by atoms with Gasteiger partial charge in [0.05, 0.1) is 11.9 Å². The number of hydrogen-bond donors (Lipinski definition) is 1. The summed E-state index contributed by atoms with van der Waals surface area (Å²) in [7, 11) is 0. The van der Waals surface area contributed by atoms with E-state index in [0.717, 1.165) is 0 Å². The maximum absolute atomic E-state index is 12.7. The molecule has 5 nitrogen and oxygen atoms in total. The second kappa shape index (κ2) is 5.16. The zero-order valence-corrected chi connectivity index (χ0v) is 12.2. The maximum atomic E-state index is 12.7. The molecule has 0 radical (unpaired) electrons. The zero-order valence-electron chi connectivity index (χ0n) is 12.2. The third-order valence-corrected chi connectivity index (χ3v) is 3.68. The summed E-state index contributed by atoms with van der Waals surface area (Å²) >= 11 is 0. The summed E-state index contributed by atoms with van der Waals surface area (Å²) < 4.78 is 0. The van der Waals surface area contributed by atoms with Gasteiger partial charge < -0.3 is 10.6 Å². The second-order valence-corrected chi connectivity index (χ2v) is 5.62. The Bertz CT molecular complexity index is 671. The van der Waals surface area contributed by atoms with E-state index in [1.54, 1.807) is 4.90 Å². The molecule has 0 atom stereocenters. The van der Waals surface area contributed by atoms with Gasteiger partial charge in [0.2, 0.25) is 0 Å². The first kappa shape index (κ1) is 13.5. The van der Waals surface area contributed by atoms with Gasteiger partial charge in [0, 0.05) is 19.0 Å². The lowest BCUT2D eigenvalue weighted by molar-refractivity contribution is 0.0746. The minimum absolute atomic E-state index is 0.131. The lowest BCUT2D eigenvalue weighted by Crippen LogP contribution is -2.27. The van der Waals surface area contributed by atoms with Gasteiger partial charge in [-0.2, -0.15) is 0 Å². The van der Waals surface area contributed by atoms with E-state index in [9.17, 15) is 4.79 Å². The monoisotopic (exact) mass is 282 g/mol. The first-order valence-corrected chi connectivity index (χ1v) is 7.04. The van der Waals surface area contributed by atoms with E-state index in [0.29, 0.717) is 30.3 Å². The number of aromatic nitrogens is 2. The number of nitrogens with two attached hydrogens (primary N) is 1. The molecule has 0 bridgehead atoms. The van der Waals surface area contributed by atoms with Crippen LogP contribution in [0.5, 0.6) is 0 Å². The average Bonchev–Trinajstić information content (AvgIpc) is 2.90. The number of benzene rings is 1. The van der Waals surface area contributed by atoms with Crippen LogP contribution >= 0.6 is 0 Å². The molecule has 5 heteroatoms. The van der Waals surface area contributed by atoms with E-state index in [-0.39, 0.29) is 11.8 Å². The van der Waals surface area contributed by atoms with Crippen molar-refractivity contribution >= 4 is 11.6 Å². The molecule has 2 N–H and O–H groups in total. The second-order valence-electron chi connectivity index (χ2n) is 5.62. The molecule has 0 saturated heterocycles. The Hall–Kier alpha value is -2.43. The highest BCUT2D eigenvalue weighted by molar-refractivity contribution is 5.97. The minimum atomic E-state index is -0.131. The largest absolute Gasteiger partial charge is 0.396 e. The molecule has 1 aromatic carbocycles. The van der Waals surface area contributed by atoms with Gasteiger partial charge in [-0.15, -0.1) is 0 Å². The number of nitrogen functional groups attached to an aromatic ring is 1. The van der Waals surface area contributed by atoms with Crippen LogP contribution in [0.4, 0.5) is 5.69 Å². The number of hydrogen-bond acceptors (Lipinski definition) is 4. The predicted octanol–water partition coefficient (Wildman–Crippen LogP) is 2.34. The highest BCUT2D eigenvalue weighted by Gasteiger charge is 2.26. The Kier molecular flexibility index (Phi) is 3.33. The molecule has 0 saturated carbocycles. The molecule has 0 aliphatic carbocycles. The van der Waals surface area contributed by atoms with Crippen LogP contribution in [-0.2, 0) is 13.1 Å². The van der Waals surface area contributed by atoms with Crippen molar-refractivity contribution < 1.29 is 4.79 Å².